The van der Waals surface area contributed by atoms with E-state index in [0.29, 0.717) is 18.8 Å². The van der Waals surface area contributed by atoms with E-state index in [0.717, 1.165) is 5.56 Å². The van der Waals surface area contributed by atoms with Crippen molar-refractivity contribution in [2.45, 2.75) is 13.5 Å². The summed E-state index contributed by atoms with van der Waals surface area (Å²) in [5.41, 5.74) is 6.60. The van der Waals surface area contributed by atoms with Gasteiger partial charge < -0.3 is 16.0 Å². The third-order valence-electron chi connectivity index (χ3n) is 2.58. The Hall–Kier alpha value is -1.62. The first kappa shape index (κ1) is 13.4. The molecule has 0 saturated carbocycles. The Kier molecular flexibility index (Phi) is 4.90. The summed E-state index contributed by atoms with van der Waals surface area (Å²) in [6.07, 6.45) is 0. The predicted octanol–water partition coefficient (Wildman–Crippen LogP) is 0.857. The van der Waals surface area contributed by atoms with Crippen molar-refractivity contribution in [1.29, 1.82) is 0 Å². The van der Waals surface area contributed by atoms with Gasteiger partial charge in [0.05, 0.1) is 12.2 Å². The molecule has 0 unspecified atom stereocenters. The van der Waals surface area contributed by atoms with Crippen molar-refractivity contribution < 1.29 is 9.18 Å². The van der Waals surface area contributed by atoms with Crippen LogP contribution in [0.1, 0.15) is 12.5 Å². The molecular formula is C12H18FN3O. The number of amides is 1. The Morgan fingerprint density at radius 2 is 2.24 bits per heavy atom. The number of carbonyl (C=O) groups is 1. The first-order valence-electron chi connectivity index (χ1n) is 5.56. The van der Waals surface area contributed by atoms with Crippen LogP contribution in [0.15, 0.2) is 18.2 Å². The predicted molar refractivity (Wildman–Crippen MR) is 66.2 cm³/mol. The minimum atomic E-state index is -0.348. The zero-order valence-electron chi connectivity index (χ0n) is 10.2. The monoisotopic (exact) mass is 239 g/mol. The van der Waals surface area contributed by atoms with Crippen LogP contribution in [0.4, 0.5) is 10.1 Å². The molecule has 1 aromatic rings. The van der Waals surface area contributed by atoms with Gasteiger partial charge in [0.25, 0.3) is 0 Å². The first-order valence-corrected chi connectivity index (χ1v) is 5.56. The molecule has 0 atom stereocenters. The molecule has 4 nitrogen and oxygen atoms in total. The molecule has 1 aromatic carbocycles. The lowest BCUT2D eigenvalue weighted by atomic mass is 10.2. The largest absolute Gasteiger partial charge is 0.360 e. The number of anilines is 1. The van der Waals surface area contributed by atoms with Gasteiger partial charge in [0.1, 0.15) is 5.82 Å². The number of carbonyl (C=O) groups excluding carboxylic acids is 1. The lowest BCUT2D eigenvalue weighted by molar-refractivity contribution is -0.119. The highest BCUT2D eigenvalue weighted by Gasteiger charge is 2.13. The average Bonchev–Trinajstić information content (AvgIpc) is 2.35. The summed E-state index contributed by atoms with van der Waals surface area (Å²) in [4.78, 5) is 13.0. The molecule has 17 heavy (non-hydrogen) atoms. The lowest BCUT2D eigenvalue weighted by Crippen LogP contribution is -2.36. The van der Waals surface area contributed by atoms with Gasteiger partial charge in [-0.3, -0.25) is 4.79 Å². The first-order chi connectivity index (χ1) is 8.12. The maximum absolute atomic E-state index is 13.8. The van der Waals surface area contributed by atoms with Gasteiger partial charge >= 0.3 is 0 Å². The molecule has 0 spiro atoms. The molecule has 0 radical (unpaired) electrons. The van der Waals surface area contributed by atoms with Crippen LogP contribution in [0.2, 0.25) is 0 Å². The van der Waals surface area contributed by atoms with E-state index >= 15 is 0 Å². The van der Waals surface area contributed by atoms with Crippen molar-refractivity contribution >= 4 is 11.6 Å². The highest BCUT2D eigenvalue weighted by Crippen LogP contribution is 2.20. The van der Waals surface area contributed by atoms with Crippen molar-refractivity contribution in [3.8, 4) is 0 Å². The maximum atomic E-state index is 13.8. The molecule has 5 heteroatoms. The van der Waals surface area contributed by atoms with Crippen molar-refractivity contribution in [2.24, 2.45) is 5.73 Å². The number of likely N-dealkylation sites (N-methyl/N-ethyl adjacent to an activating group) is 2. The topological polar surface area (TPSA) is 58.4 Å². The zero-order chi connectivity index (χ0) is 12.8. The van der Waals surface area contributed by atoms with Gasteiger partial charge in [-0.2, -0.15) is 0 Å². The summed E-state index contributed by atoms with van der Waals surface area (Å²) in [7, 11) is 1.56. The number of rotatable bonds is 5. The summed E-state index contributed by atoms with van der Waals surface area (Å²) in [6.45, 7) is 2.89. The highest BCUT2D eigenvalue weighted by molar-refractivity contribution is 5.81. The molecule has 1 rings (SSSR count). The van der Waals surface area contributed by atoms with E-state index in [9.17, 15) is 9.18 Å². The van der Waals surface area contributed by atoms with Gasteiger partial charge in [-0.1, -0.05) is 6.07 Å². The summed E-state index contributed by atoms with van der Waals surface area (Å²) < 4.78 is 13.8. The van der Waals surface area contributed by atoms with Gasteiger partial charge in [-0.15, -0.1) is 0 Å². The summed E-state index contributed by atoms with van der Waals surface area (Å²) in [5, 5.41) is 2.52. The quantitative estimate of drug-likeness (QED) is 0.801. The molecule has 0 aliphatic carbocycles. The molecule has 0 aliphatic heterocycles. The van der Waals surface area contributed by atoms with Gasteiger partial charge in [0.2, 0.25) is 5.91 Å². The Bertz CT molecular complexity index is 395. The van der Waals surface area contributed by atoms with Crippen LogP contribution < -0.4 is 16.0 Å². The van der Waals surface area contributed by atoms with E-state index in [2.05, 4.69) is 5.32 Å². The Balaban J connectivity index is 2.92. The molecule has 0 fully saturated rings. The summed E-state index contributed by atoms with van der Waals surface area (Å²) in [5.74, 6) is -0.493. The van der Waals surface area contributed by atoms with Crippen molar-refractivity contribution in [1.82, 2.24) is 5.32 Å². The standard InChI is InChI=1S/C12H18FN3O/c1-3-16(8-12(17)15-2)11-5-4-9(7-14)6-10(11)13/h4-6H,3,7-8,14H2,1-2H3,(H,15,17). The molecule has 3 N–H and O–H groups in total. The highest BCUT2D eigenvalue weighted by atomic mass is 19.1. The number of halogens is 1. The third kappa shape index (κ3) is 3.42. The molecule has 0 aromatic heterocycles. The van der Waals surface area contributed by atoms with E-state index in [-0.39, 0.29) is 18.3 Å². The van der Waals surface area contributed by atoms with E-state index in [1.165, 1.54) is 6.07 Å². The van der Waals surface area contributed by atoms with Crippen molar-refractivity contribution in [3.63, 3.8) is 0 Å². The smallest absolute Gasteiger partial charge is 0.239 e. The van der Waals surface area contributed by atoms with Crippen molar-refractivity contribution in [2.75, 3.05) is 25.0 Å². The summed E-state index contributed by atoms with van der Waals surface area (Å²) in [6, 6.07) is 4.83. The number of nitrogens with zero attached hydrogens (tertiary/aromatic N) is 1. The summed E-state index contributed by atoms with van der Waals surface area (Å²) >= 11 is 0. The number of nitrogens with two attached hydrogens (primary N) is 1. The number of hydrogen-bond donors (Lipinski definition) is 2. The molecule has 0 saturated heterocycles. The minimum Gasteiger partial charge on any atom is -0.360 e. The molecule has 0 aliphatic rings. The number of benzene rings is 1. The Labute approximate surface area is 101 Å². The second-order valence-corrected chi connectivity index (χ2v) is 3.68. The van der Waals surface area contributed by atoms with E-state index in [1.807, 2.05) is 6.92 Å². The van der Waals surface area contributed by atoms with E-state index in [1.54, 1.807) is 24.1 Å². The molecular weight excluding hydrogens is 221 g/mol. The third-order valence-corrected chi connectivity index (χ3v) is 2.58. The molecule has 1 amide bonds. The van der Waals surface area contributed by atoms with Gasteiger partial charge in [0, 0.05) is 20.1 Å². The van der Waals surface area contributed by atoms with Crippen LogP contribution in [-0.4, -0.2) is 26.0 Å². The van der Waals surface area contributed by atoms with Crippen LogP contribution in [0.5, 0.6) is 0 Å². The van der Waals surface area contributed by atoms with Crippen LogP contribution in [0, 0.1) is 5.82 Å². The molecule has 0 heterocycles. The second kappa shape index (κ2) is 6.20. The van der Waals surface area contributed by atoms with Gasteiger partial charge in [-0.25, -0.2) is 4.39 Å². The van der Waals surface area contributed by atoms with E-state index < -0.39 is 0 Å². The Morgan fingerprint density at radius 1 is 1.53 bits per heavy atom. The number of hydrogen-bond acceptors (Lipinski definition) is 3. The minimum absolute atomic E-state index is 0.144. The van der Waals surface area contributed by atoms with Gasteiger partial charge in [0.15, 0.2) is 0 Å². The lowest BCUT2D eigenvalue weighted by Gasteiger charge is -2.22. The maximum Gasteiger partial charge on any atom is 0.239 e. The van der Waals surface area contributed by atoms with Crippen molar-refractivity contribution in [3.05, 3.63) is 29.6 Å². The fourth-order valence-corrected chi connectivity index (χ4v) is 1.55. The Morgan fingerprint density at radius 3 is 2.71 bits per heavy atom. The van der Waals surface area contributed by atoms with Gasteiger partial charge in [-0.05, 0) is 24.6 Å². The molecule has 94 valence electrons. The fourth-order valence-electron chi connectivity index (χ4n) is 1.55. The van der Waals surface area contributed by atoms with Crippen LogP contribution in [0.25, 0.3) is 0 Å². The van der Waals surface area contributed by atoms with Crippen LogP contribution >= 0.6 is 0 Å². The van der Waals surface area contributed by atoms with Crippen LogP contribution in [-0.2, 0) is 11.3 Å². The molecule has 0 bridgehead atoms. The normalized spacial score (nSPS) is 10.1. The fraction of sp³-hybridized carbons (Fsp3) is 0.417. The SMILES string of the molecule is CCN(CC(=O)NC)c1ccc(CN)cc1F. The average molecular weight is 239 g/mol. The van der Waals surface area contributed by atoms with Crippen LogP contribution in [0.3, 0.4) is 0 Å². The number of nitrogens with one attached hydrogen (secondary N) is 1. The zero-order valence-corrected chi connectivity index (χ0v) is 10.2. The second-order valence-electron chi connectivity index (χ2n) is 3.68. The van der Waals surface area contributed by atoms with E-state index in [4.69, 9.17) is 5.73 Å².